The van der Waals surface area contributed by atoms with Crippen LogP contribution in [0.1, 0.15) is 10.7 Å². The van der Waals surface area contributed by atoms with E-state index in [1.807, 2.05) is 0 Å². The van der Waals surface area contributed by atoms with Crippen molar-refractivity contribution in [3.8, 4) is 16.6 Å². The highest BCUT2D eigenvalue weighted by atomic mass is 35.5. The van der Waals surface area contributed by atoms with Crippen LogP contribution in [0.2, 0.25) is 5.02 Å². The second kappa shape index (κ2) is 7.64. The van der Waals surface area contributed by atoms with Gasteiger partial charge in [0.2, 0.25) is 5.01 Å². The van der Waals surface area contributed by atoms with Gasteiger partial charge >= 0.3 is 18.0 Å². The summed E-state index contributed by atoms with van der Waals surface area (Å²) in [6.45, 7) is 0. The standard InChI is InChI=1S/C15H6ClF7N4O3S/c1-26-9(14(18,19)20)4-10(28)27(13(26)29)7-3-8(5(16)2-6(7)17)30-12-25-24-11(31-12)15(21,22)23/h2-4H,1H3. The van der Waals surface area contributed by atoms with Crippen LogP contribution >= 0.6 is 22.9 Å². The fourth-order valence-electron chi connectivity index (χ4n) is 2.35. The van der Waals surface area contributed by atoms with Gasteiger partial charge in [-0.1, -0.05) is 28.0 Å². The molecule has 0 radical (unpaired) electrons. The second-order valence-corrected chi connectivity index (χ2v) is 7.10. The van der Waals surface area contributed by atoms with E-state index in [1.165, 1.54) is 0 Å². The zero-order chi connectivity index (χ0) is 23.3. The summed E-state index contributed by atoms with van der Waals surface area (Å²) in [6.07, 6.45) is -9.84. The minimum absolute atomic E-state index is 0.0186. The Labute approximate surface area is 174 Å². The molecule has 0 aliphatic heterocycles. The fraction of sp³-hybridized carbons (Fsp3) is 0.200. The van der Waals surface area contributed by atoms with Gasteiger partial charge in [0.15, 0.2) is 5.75 Å². The Balaban J connectivity index is 2.13. The summed E-state index contributed by atoms with van der Waals surface area (Å²) in [4.78, 5) is 24.5. The number of alkyl halides is 6. The van der Waals surface area contributed by atoms with Crippen molar-refractivity contribution in [1.29, 1.82) is 0 Å². The Morgan fingerprint density at radius 1 is 1.03 bits per heavy atom. The van der Waals surface area contributed by atoms with Gasteiger partial charge in [-0.05, 0) is 6.07 Å². The molecule has 3 rings (SSSR count). The lowest BCUT2D eigenvalue weighted by Crippen LogP contribution is -2.41. The highest BCUT2D eigenvalue weighted by Crippen LogP contribution is 2.38. The predicted molar refractivity (Wildman–Crippen MR) is 92.2 cm³/mol. The number of aromatic nitrogens is 4. The third kappa shape index (κ3) is 4.41. The van der Waals surface area contributed by atoms with E-state index in [4.69, 9.17) is 16.3 Å². The van der Waals surface area contributed by atoms with Crippen LogP contribution in [0.3, 0.4) is 0 Å². The van der Waals surface area contributed by atoms with Crippen molar-refractivity contribution in [2.45, 2.75) is 12.4 Å². The molecule has 2 aromatic heterocycles. The summed E-state index contributed by atoms with van der Waals surface area (Å²) < 4.78 is 96.3. The third-order valence-electron chi connectivity index (χ3n) is 3.70. The van der Waals surface area contributed by atoms with Crippen molar-refractivity contribution in [1.82, 2.24) is 19.3 Å². The summed E-state index contributed by atoms with van der Waals surface area (Å²) in [7, 11) is 0.715. The number of hydrogen-bond acceptors (Lipinski definition) is 6. The molecular weight excluding hydrogens is 485 g/mol. The topological polar surface area (TPSA) is 79.0 Å². The molecule has 0 saturated carbocycles. The monoisotopic (exact) mass is 490 g/mol. The van der Waals surface area contributed by atoms with Crippen LogP contribution in [-0.4, -0.2) is 19.3 Å². The highest BCUT2D eigenvalue weighted by molar-refractivity contribution is 7.13. The van der Waals surface area contributed by atoms with Crippen molar-refractivity contribution in [2.24, 2.45) is 7.05 Å². The van der Waals surface area contributed by atoms with Crippen molar-refractivity contribution in [3.05, 3.63) is 60.6 Å². The van der Waals surface area contributed by atoms with Crippen molar-refractivity contribution in [3.63, 3.8) is 0 Å². The Hall–Kier alpha value is -2.94. The van der Waals surface area contributed by atoms with Crippen LogP contribution in [0.25, 0.3) is 5.69 Å². The highest BCUT2D eigenvalue weighted by Gasteiger charge is 2.37. The van der Waals surface area contributed by atoms with Crippen LogP contribution < -0.4 is 16.0 Å². The van der Waals surface area contributed by atoms with E-state index in [2.05, 4.69) is 10.2 Å². The molecule has 31 heavy (non-hydrogen) atoms. The van der Waals surface area contributed by atoms with E-state index in [0.29, 0.717) is 19.2 Å². The molecule has 0 aliphatic carbocycles. The fourth-order valence-corrected chi connectivity index (χ4v) is 3.11. The zero-order valence-corrected chi connectivity index (χ0v) is 16.3. The van der Waals surface area contributed by atoms with Gasteiger partial charge in [0.1, 0.15) is 11.5 Å². The van der Waals surface area contributed by atoms with Crippen LogP contribution in [0.5, 0.6) is 10.9 Å². The smallest absolute Gasteiger partial charge is 0.428 e. The first-order valence-electron chi connectivity index (χ1n) is 7.68. The molecule has 16 heteroatoms. The summed E-state index contributed by atoms with van der Waals surface area (Å²) in [6, 6.07) is 1.29. The first kappa shape index (κ1) is 22.7. The predicted octanol–water partition coefficient (Wildman–Crippen LogP) is 4.01. The number of nitrogens with zero attached hydrogens (tertiary/aromatic N) is 4. The SMILES string of the molecule is Cn1c(C(F)(F)F)cc(=O)n(-c2cc(Oc3nnc(C(F)(F)F)s3)c(Cl)cc2F)c1=O. The van der Waals surface area contributed by atoms with E-state index in [9.17, 15) is 40.3 Å². The summed E-state index contributed by atoms with van der Waals surface area (Å²) in [5.74, 6) is -1.82. The van der Waals surface area contributed by atoms with E-state index in [-0.39, 0.29) is 26.5 Å². The zero-order valence-electron chi connectivity index (χ0n) is 14.7. The number of halogens is 8. The van der Waals surface area contributed by atoms with Gasteiger partial charge < -0.3 is 4.74 Å². The molecule has 0 bridgehead atoms. The first-order valence-corrected chi connectivity index (χ1v) is 8.88. The van der Waals surface area contributed by atoms with Crippen LogP contribution in [0.15, 0.2) is 27.8 Å². The van der Waals surface area contributed by atoms with Gasteiger partial charge in [-0.2, -0.15) is 26.3 Å². The molecule has 3 aromatic rings. The lowest BCUT2D eigenvalue weighted by Gasteiger charge is -2.15. The Kier molecular flexibility index (Phi) is 5.60. The molecule has 0 N–H and O–H groups in total. The van der Waals surface area contributed by atoms with Gasteiger partial charge in [0.25, 0.3) is 10.8 Å². The van der Waals surface area contributed by atoms with Crippen molar-refractivity contribution in [2.75, 3.05) is 0 Å². The van der Waals surface area contributed by atoms with Gasteiger partial charge in [-0.15, -0.1) is 5.10 Å². The molecule has 166 valence electrons. The molecule has 0 aliphatic rings. The van der Waals surface area contributed by atoms with Crippen molar-refractivity contribution < 1.29 is 35.5 Å². The Morgan fingerprint density at radius 3 is 2.23 bits per heavy atom. The lowest BCUT2D eigenvalue weighted by molar-refractivity contribution is -0.144. The Morgan fingerprint density at radius 2 is 1.68 bits per heavy atom. The summed E-state index contributed by atoms with van der Waals surface area (Å²) in [5, 5.41) is 3.53. The second-order valence-electron chi connectivity index (χ2n) is 5.75. The first-order chi connectivity index (χ1) is 14.2. The summed E-state index contributed by atoms with van der Waals surface area (Å²) >= 11 is 5.76. The third-order valence-corrected chi connectivity index (χ3v) is 4.84. The number of hydrogen-bond donors (Lipinski definition) is 0. The summed E-state index contributed by atoms with van der Waals surface area (Å²) in [5.41, 5.74) is -5.47. The Bertz CT molecular complexity index is 1280. The van der Waals surface area contributed by atoms with Gasteiger partial charge in [0, 0.05) is 19.2 Å². The average molecular weight is 491 g/mol. The minimum atomic E-state index is -5.03. The maximum Gasteiger partial charge on any atom is 0.445 e. The van der Waals surface area contributed by atoms with Crippen LogP contribution in [0, 0.1) is 5.82 Å². The molecule has 0 spiro atoms. The molecule has 7 nitrogen and oxygen atoms in total. The van der Waals surface area contributed by atoms with Gasteiger partial charge in [0.05, 0.1) is 10.7 Å². The van der Waals surface area contributed by atoms with E-state index in [1.54, 1.807) is 0 Å². The normalized spacial score (nSPS) is 12.3. The average Bonchev–Trinajstić information content (AvgIpc) is 3.10. The van der Waals surface area contributed by atoms with E-state index < -0.39 is 61.8 Å². The van der Waals surface area contributed by atoms with Crippen LogP contribution in [0.4, 0.5) is 30.7 Å². The van der Waals surface area contributed by atoms with Crippen LogP contribution in [-0.2, 0) is 19.4 Å². The van der Waals surface area contributed by atoms with E-state index in [0.717, 1.165) is 0 Å². The lowest BCUT2D eigenvalue weighted by atomic mass is 10.2. The van der Waals surface area contributed by atoms with Gasteiger partial charge in [-0.3, -0.25) is 9.36 Å². The van der Waals surface area contributed by atoms with E-state index >= 15 is 0 Å². The molecule has 1 aromatic carbocycles. The maximum atomic E-state index is 14.4. The molecule has 2 heterocycles. The molecule has 0 unspecified atom stereocenters. The number of rotatable bonds is 3. The maximum absolute atomic E-state index is 14.4. The molecule has 0 fully saturated rings. The van der Waals surface area contributed by atoms with Crippen molar-refractivity contribution >= 4 is 22.9 Å². The largest absolute Gasteiger partial charge is 0.445 e. The molecule has 0 amide bonds. The molecule has 0 saturated heterocycles. The molecular formula is C15H6ClF7N4O3S. The number of benzene rings is 1. The molecule has 0 atom stereocenters. The minimum Gasteiger partial charge on any atom is -0.428 e. The van der Waals surface area contributed by atoms with Gasteiger partial charge in [-0.25, -0.2) is 13.8 Å². The quantitative estimate of drug-likeness (QED) is 0.518. The number of ether oxygens (including phenoxy) is 1.